The first kappa shape index (κ1) is 28.1. The lowest BCUT2D eigenvalue weighted by molar-refractivity contribution is -0.0447. The summed E-state index contributed by atoms with van der Waals surface area (Å²) >= 11 is 1.30. The van der Waals surface area contributed by atoms with Gasteiger partial charge in [0.25, 0.3) is 0 Å². The third kappa shape index (κ3) is 5.98. The number of alkyl halides is 3. The van der Waals surface area contributed by atoms with Crippen molar-refractivity contribution in [2.45, 2.75) is 17.4 Å². The molecule has 0 fully saturated rings. The Bertz CT molecular complexity index is 1710. The number of hydrogen-bond acceptors (Lipinski definition) is 5. The molecule has 1 unspecified atom stereocenters. The number of rotatable bonds is 7. The minimum absolute atomic E-state index is 0.0754. The highest BCUT2D eigenvalue weighted by atomic mass is 32.2. The minimum atomic E-state index is -5.43. The quantitative estimate of drug-likeness (QED) is 0.188. The first-order valence-corrected chi connectivity index (χ1v) is 14.5. The van der Waals surface area contributed by atoms with Gasteiger partial charge in [-0.1, -0.05) is 42.5 Å². The predicted octanol–water partition coefficient (Wildman–Crippen LogP) is 6.84. The Labute approximate surface area is 231 Å². The average Bonchev–Trinajstić information content (AvgIpc) is 3.06. The van der Waals surface area contributed by atoms with Crippen LogP contribution < -0.4 is 9.46 Å². The van der Waals surface area contributed by atoms with E-state index in [1.807, 2.05) is 36.4 Å². The van der Waals surface area contributed by atoms with Crippen LogP contribution in [0.25, 0.3) is 23.1 Å². The largest absolute Gasteiger partial charge is 0.511 e. The molecule has 1 aliphatic heterocycles. The first-order chi connectivity index (χ1) is 19.0. The molecule has 2 heterocycles. The Kier molecular flexibility index (Phi) is 7.85. The molecular weight excluding hydrogens is 571 g/mol. The van der Waals surface area contributed by atoms with E-state index in [4.69, 9.17) is 4.74 Å². The van der Waals surface area contributed by atoms with E-state index < -0.39 is 33.7 Å². The number of aromatic nitrogens is 1. The fourth-order valence-corrected chi connectivity index (χ4v) is 6.17. The van der Waals surface area contributed by atoms with Crippen LogP contribution in [0.4, 0.5) is 22.0 Å². The SMILES string of the molecule is O=S(=O)(NCCSC1c2ccccc2COc2ccc(/C=C/c3ccc4cc(F)c(F)cc4n3)cc21)C(F)(F)F. The van der Waals surface area contributed by atoms with Gasteiger partial charge in [0.05, 0.1) is 16.5 Å². The summed E-state index contributed by atoms with van der Waals surface area (Å²) in [7, 11) is -5.43. The number of fused-ring (bicyclic) bond motifs is 3. The van der Waals surface area contributed by atoms with Gasteiger partial charge < -0.3 is 4.74 Å². The Morgan fingerprint density at radius 3 is 2.55 bits per heavy atom. The van der Waals surface area contributed by atoms with E-state index in [1.54, 1.807) is 35.1 Å². The van der Waals surface area contributed by atoms with Crippen LogP contribution in [0.1, 0.15) is 33.2 Å². The Balaban J connectivity index is 1.41. The molecule has 0 saturated heterocycles. The second-order valence-corrected chi connectivity index (χ2v) is 11.9. The molecule has 0 radical (unpaired) electrons. The smallest absolute Gasteiger partial charge is 0.489 e. The minimum Gasteiger partial charge on any atom is -0.489 e. The molecule has 1 N–H and O–H groups in total. The number of thioether (sulfide) groups is 1. The molecule has 0 saturated carbocycles. The predicted molar refractivity (Wildman–Crippen MR) is 145 cm³/mol. The standard InChI is InChI=1S/C28H21F5N2O3S2/c29-23-14-18-7-9-20(35-25(18)15-24(23)30)8-5-17-6-10-26-22(13-17)27(21-4-2-1-3-19(21)16-38-26)39-12-11-34-40(36,37)28(31,32)33/h1-10,13-15,27,34H,11-12,16H2/b8-5+. The van der Waals surface area contributed by atoms with Crippen molar-refractivity contribution in [2.75, 3.05) is 12.3 Å². The number of sulfonamides is 1. The molecule has 0 spiro atoms. The van der Waals surface area contributed by atoms with Crippen molar-refractivity contribution < 1.29 is 35.1 Å². The Hall–Kier alpha value is -3.48. The molecule has 0 amide bonds. The summed E-state index contributed by atoms with van der Waals surface area (Å²) in [5.41, 5.74) is -1.16. The zero-order chi connectivity index (χ0) is 28.5. The van der Waals surface area contributed by atoms with Crippen molar-refractivity contribution in [3.8, 4) is 5.75 Å². The van der Waals surface area contributed by atoms with E-state index in [1.165, 1.54) is 11.8 Å². The highest BCUT2D eigenvalue weighted by Gasteiger charge is 2.45. The Morgan fingerprint density at radius 1 is 0.975 bits per heavy atom. The summed E-state index contributed by atoms with van der Waals surface area (Å²) in [4.78, 5) is 4.37. The maximum Gasteiger partial charge on any atom is 0.511 e. The Morgan fingerprint density at radius 2 is 1.75 bits per heavy atom. The van der Waals surface area contributed by atoms with Crippen molar-refractivity contribution in [3.05, 3.63) is 106 Å². The molecule has 3 aromatic carbocycles. The highest BCUT2D eigenvalue weighted by Crippen LogP contribution is 2.44. The van der Waals surface area contributed by atoms with Gasteiger partial charge in [0, 0.05) is 29.3 Å². The van der Waals surface area contributed by atoms with Crippen LogP contribution in [0.5, 0.6) is 5.75 Å². The molecule has 4 aromatic rings. The second-order valence-electron chi connectivity index (χ2n) is 8.91. The zero-order valence-corrected chi connectivity index (χ0v) is 22.2. The number of nitrogens with one attached hydrogen (secondary N) is 1. The fourth-order valence-electron chi connectivity index (χ4n) is 4.27. The van der Waals surface area contributed by atoms with Crippen LogP contribution in [0.3, 0.4) is 0 Å². The summed E-state index contributed by atoms with van der Waals surface area (Å²) in [6, 6.07) is 18.5. The number of nitrogens with zero attached hydrogens (tertiary/aromatic N) is 1. The molecule has 1 atom stereocenters. The number of halogens is 5. The van der Waals surface area contributed by atoms with Crippen LogP contribution in [0.2, 0.25) is 0 Å². The average molecular weight is 593 g/mol. The monoisotopic (exact) mass is 592 g/mol. The van der Waals surface area contributed by atoms with Crippen molar-refractivity contribution in [1.29, 1.82) is 0 Å². The van der Waals surface area contributed by atoms with Gasteiger partial charge in [0.1, 0.15) is 12.4 Å². The fraction of sp³-hybridized carbons (Fsp3) is 0.179. The topological polar surface area (TPSA) is 68.3 Å². The van der Waals surface area contributed by atoms with Crippen LogP contribution in [-0.2, 0) is 16.6 Å². The van der Waals surface area contributed by atoms with E-state index in [0.717, 1.165) is 34.4 Å². The molecule has 1 aliphatic rings. The van der Waals surface area contributed by atoms with E-state index in [9.17, 15) is 30.4 Å². The van der Waals surface area contributed by atoms with Crippen LogP contribution >= 0.6 is 11.8 Å². The van der Waals surface area contributed by atoms with Gasteiger partial charge in [-0.3, -0.25) is 0 Å². The molecule has 0 bridgehead atoms. The number of benzene rings is 3. The molecule has 1 aromatic heterocycles. The van der Waals surface area contributed by atoms with Crippen molar-refractivity contribution in [1.82, 2.24) is 9.71 Å². The van der Waals surface area contributed by atoms with Crippen LogP contribution in [-0.4, -0.2) is 31.2 Å². The number of pyridine rings is 1. The normalized spacial score (nSPS) is 15.5. The maximum atomic E-state index is 13.7. The van der Waals surface area contributed by atoms with Gasteiger partial charge in [0.15, 0.2) is 11.6 Å². The van der Waals surface area contributed by atoms with E-state index >= 15 is 0 Å². The van der Waals surface area contributed by atoms with Crippen molar-refractivity contribution in [3.63, 3.8) is 0 Å². The van der Waals surface area contributed by atoms with E-state index in [-0.39, 0.29) is 11.0 Å². The molecule has 5 nitrogen and oxygen atoms in total. The third-order valence-electron chi connectivity index (χ3n) is 6.22. The second kappa shape index (κ2) is 11.2. The lowest BCUT2D eigenvalue weighted by atomic mass is 9.98. The van der Waals surface area contributed by atoms with Crippen LogP contribution in [0.15, 0.2) is 66.7 Å². The molecule has 208 valence electrons. The summed E-state index contributed by atoms with van der Waals surface area (Å²) in [6.45, 7) is -0.104. The van der Waals surface area contributed by atoms with Gasteiger partial charge in [-0.05, 0) is 47.0 Å². The first-order valence-electron chi connectivity index (χ1n) is 12.0. The molecule has 5 rings (SSSR count). The lowest BCUT2D eigenvalue weighted by Gasteiger charge is -2.19. The van der Waals surface area contributed by atoms with E-state index in [0.29, 0.717) is 29.0 Å². The van der Waals surface area contributed by atoms with Gasteiger partial charge in [-0.15, -0.1) is 11.8 Å². The molecule has 40 heavy (non-hydrogen) atoms. The maximum absolute atomic E-state index is 13.7. The van der Waals surface area contributed by atoms with E-state index in [2.05, 4.69) is 4.98 Å². The van der Waals surface area contributed by atoms with Gasteiger partial charge in [0.2, 0.25) is 0 Å². The molecule has 0 aliphatic carbocycles. The summed E-state index contributed by atoms with van der Waals surface area (Å²) in [5.74, 6) is -1.26. The van der Waals surface area contributed by atoms with Gasteiger partial charge in [-0.2, -0.15) is 13.2 Å². The zero-order valence-electron chi connectivity index (χ0n) is 20.6. The van der Waals surface area contributed by atoms with Gasteiger partial charge in [-0.25, -0.2) is 26.9 Å². The van der Waals surface area contributed by atoms with Crippen molar-refractivity contribution in [2.24, 2.45) is 0 Å². The van der Waals surface area contributed by atoms with Crippen molar-refractivity contribution >= 4 is 44.8 Å². The van der Waals surface area contributed by atoms with Gasteiger partial charge >= 0.3 is 15.5 Å². The summed E-state index contributed by atoms with van der Waals surface area (Å²) < 4.78 is 95.6. The lowest BCUT2D eigenvalue weighted by Crippen LogP contribution is -2.37. The number of hydrogen-bond donors (Lipinski definition) is 1. The third-order valence-corrected chi connectivity index (χ3v) is 8.69. The number of ether oxygens (including phenoxy) is 1. The summed E-state index contributed by atoms with van der Waals surface area (Å²) in [6.07, 6.45) is 3.52. The molecular formula is C28H21F5N2O3S2. The highest BCUT2D eigenvalue weighted by molar-refractivity contribution is 7.99. The summed E-state index contributed by atoms with van der Waals surface area (Å²) in [5, 5.41) is 0.128. The molecule has 12 heteroatoms. The van der Waals surface area contributed by atoms with Crippen LogP contribution in [0, 0.1) is 11.6 Å².